The third kappa shape index (κ3) is 15.9. The van der Waals surface area contributed by atoms with Crippen LogP contribution >= 0.6 is 0 Å². The topological polar surface area (TPSA) is 43.4 Å². The monoisotopic (exact) mass is 290 g/mol. The van der Waals surface area contributed by atoms with Crippen molar-refractivity contribution in [3.63, 3.8) is 0 Å². The van der Waals surface area contributed by atoms with Crippen LogP contribution in [0.2, 0.25) is 0 Å². The van der Waals surface area contributed by atoms with Gasteiger partial charge in [-0.05, 0) is 25.8 Å². The number of Topliss-reactive ketones (excluding diaryl/α,β-unsaturated/α-hetero) is 1. The molecule has 0 fully saturated rings. The third-order valence-corrected chi connectivity index (χ3v) is 2.29. The standard InChI is InChI=1S/C8H10.C7H12O3.C3H4/c1-2-8-6-4-3-5-7-8;1-3-6(8)5-7(9)10-4-2;1-3-2/h3-7H,2H2,1H3;3-5H2,1-2H3;1H,2H3. The number of carbonyl (C=O) groups excluding carboxylic acids is 2. The number of benzene rings is 1. The largest absolute Gasteiger partial charge is 0.466 e. The summed E-state index contributed by atoms with van der Waals surface area (Å²) >= 11 is 0. The lowest BCUT2D eigenvalue weighted by molar-refractivity contribution is -0.145. The lowest BCUT2D eigenvalue weighted by atomic mass is 10.2. The Bertz CT molecular complexity index is 416. The summed E-state index contributed by atoms with van der Waals surface area (Å²) in [5.74, 6) is 1.76. The average Bonchev–Trinajstić information content (AvgIpc) is 2.49. The highest BCUT2D eigenvalue weighted by Gasteiger charge is 2.06. The molecule has 0 aliphatic carbocycles. The van der Waals surface area contributed by atoms with E-state index in [1.165, 1.54) is 5.56 Å². The van der Waals surface area contributed by atoms with Crippen LogP contribution in [0.25, 0.3) is 0 Å². The molecule has 3 nitrogen and oxygen atoms in total. The molecule has 0 saturated carbocycles. The van der Waals surface area contributed by atoms with Crippen LogP contribution in [0.15, 0.2) is 30.3 Å². The Morgan fingerprint density at radius 3 is 2.00 bits per heavy atom. The molecule has 0 amide bonds. The zero-order chi connectivity index (χ0) is 16.5. The summed E-state index contributed by atoms with van der Waals surface area (Å²) in [5, 5.41) is 0. The second-order valence-corrected chi connectivity index (χ2v) is 4.00. The molecule has 0 unspecified atom stereocenters. The number of hydrogen-bond acceptors (Lipinski definition) is 3. The molecule has 0 aliphatic rings. The van der Waals surface area contributed by atoms with E-state index in [-0.39, 0.29) is 12.2 Å². The molecule has 1 aromatic carbocycles. The maximum absolute atomic E-state index is 10.6. The number of terminal acetylenes is 1. The fraction of sp³-hybridized carbons (Fsp3) is 0.444. The van der Waals surface area contributed by atoms with Crippen molar-refractivity contribution in [1.82, 2.24) is 0 Å². The molecule has 0 saturated heterocycles. The molecule has 0 spiro atoms. The van der Waals surface area contributed by atoms with Gasteiger partial charge in [-0.2, -0.15) is 0 Å². The Hall–Kier alpha value is -2.08. The van der Waals surface area contributed by atoms with Crippen LogP contribution in [0.4, 0.5) is 0 Å². The number of ether oxygens (including phenoxy) is 1. The van der Waals surface area contributed by atoms with Crippen molar-refractivity contribution in [2.75, 3.05) is 6.61 Å². The van der Waals surface area contributed by atoms with E-state index < -0.39 is 5.97 Å². The van der Waals surface area contributed by atoms with Gasteiger partial charge in [-0.25, -0.2) is 0 Å². The van der Waals surface area contributed by atoms with E-state index in [2.05, 4.69) is 48.3 Å². The Morgan fingerprint density at radius 2 is 1.67 bits per heavy atom. The molecule has 0 atom stereocenters. The molecule has 1 aromatic rings. The van der Waals surface area contributed by atoms with Gasteiger partial charge < -0.3 is 4.74 Å². The molecule has 0 radical (unpaired) electrons. The summed E-state index contributed by atoms with van der Waals surface area (Å²) < 4.78 is 4.55. The lowest BCUT2D eigenvalue weighted by Crippen LogP contribution is -2.09. The summed E-state index contributed by atoms with van der Waals surface area (Å²) in [4.78, 5) is 21.2. The van der Waals surface area contributed by atoms with Crippen molar-refractivity contribution in [3.05, 3.63) is 35.9 Å². The number of rotatable bonds is 5. The third-order valence-electron chi connectivity index (χ3n) is 2.29. The summed E-state index contributed by atoms with van der Waals surface area (Å²) in [7, 11) is 0. The SMILES string of the molecule is C#CC.CCOC(=O)CC(=O)CC.CCc1ccccc1. The number of aryl methyl sites for hydroxylation is 1. The van der Waals surface area contributed by atoms with Gasteiger partial charge in [0.25, 0.3) is 0 Å². The zero-order valence-electron chi connectivity index (χ0n) is 13.5. The normalized spacial score (nSPS) is 8.14. The van der Waals surface area contributed by atoms with Crippen molar-refractivity contribution in [1.29, 1.82) is 0 Å². The second-order valence-electron chi connectivity index (χ2n) is 4.00. The van der Waals surface area contributed by atoms with Crippen LogP contribution in [0, 0.1) is 12.3 Å². The summed E-state index contributed by atoms with van der Waals surface area (Å²) in [6, 6.07) is 10.5. The first-order valence-corrected chi connectivity index (χ1v) is 7.14. The first-order valence-electron chi connectivity index (χ1n) is 7.14. The van der Waals surface area contributed by atoms with Gasteiger partial charge in [0.05, 0.1) is 6.61 Å². The molecule has 21 heavy (non-hydrogen) atoms. The number of carbonyl (C=O) groups is 2. The van der Waals surface area contributed by atoms with E-state index >= 15 is 0 Å². The number of ketones is 1. The molecular weight excluding hydrogens is 264 g/mol. The molecule has 0 aliphatic heterocycles. The predicted octanol–water partition coefficient (Wildman–Crippen LogP) is 3.81. The Labute approximate surface area is 128 Å². The molecule has 0 aromatic heterocycles. The highest BCUT2D eigenvalue weighted by molar-refractivity contribution is 5.95. The highest BCUT2D eigenvalue weighted by atomic mass is 16.5. The van der Waals surface area contributed by atoms with Crippen molar-refractivity contribution in [3.8, 4) is 12.3 Å². The van der Waals surface area contributed by atoms with Crippen LogP contribution in [-0.4, -0.2) is 18.4 Å². The first kappa shape index (κ1) is 21.2. The van der Waals surface area contributed by atoms with E-state index in [1.807, 2.05) is 6.07 Å². The zero-order valence-corrected chi connectivity index (χ0v) is 13.5. The Balaban J connectivity index is 0. The minimum Gasteiger partial charge on any atom is -0.466 e. The smallest absolute Gasteiger partial charge is 0.313 e. The van der Waals surface area contributed by atoms with Gasteiger partial charge >= 0.3 is 5.97 Å². The van der Waals surface area contributed by atoms with Gasteiger partial charge in [-0.3, -0.25) is 9.59 Å². The number of esters is 1. The predicted molar refractivity (Wildman–Crippen MR) is 86.9 cm³/mol. The van der Waals surface area contributed by atoms with Crippen molar-refractivity contribution < 1.29 is 14.3 Å². The van der Waals surface area contributed by atoms with E-state index in [9.17, 15) is 9.59 Å². The summed E-state index contributed by atoms with van der Waals surface area (Å²) in [6.45, 7) is 7.60. The Morgan fingerprint density at radius 1 is 1.14 bits per heavy atom. The van der Waals surface area contributed by atoms with E-state index in [1.54, 1.807) is 20.8 Å². The quantitative estimate of drug-likeness (QED) is 0.470. The van der Waals surface area contributed by atoms with Crippen LogP contribution in [0.1, 0.15) is 46.1 Å². The van der Waals surface area contributed by atoms with Gasteiger partial charge in [-0.15, -0.1) is 12.3 Å². The molecule has 1 rings (SSSR count). The van der Waals surface area contributed by atoms with Crippen molar-refractivity contribution in [2.45, 2.75) is 47.0 Å². The first-order chi connectivity index (χ1) is 10.0. The van der Waals surface area contributed by atoms with Crippen LogP contribution in [0.5, 0.6) is 0 Å². The van der Waals surface area contributed by atoms with Crippen LogP contribution < -0.4 is 0 Å². The van der Waals surface area contributed by atoms with E-state index in [0.717, 1.165) is 6.42 Å². The van der Waals surface area contributed by atoms with Crippen LogP contribution in [0.3, 0.4) is 0 Å². The lowest BCUT2D eigenvalue weighted by Gasteiger charge is -1.97. The van der Waals surface area contributed by atoms with Gasteiger partial charge in [0.2, 0.25) is 0 Å². The number of hydrogen-bond donors (Lipinski definition) is 0. The van der Waals surface area contributed by atoms with Gasteiger partial charge in [0.15, 0.2) is 0 Å². The second kappa shape index (κ2) is 16.0. The molecule has 116 valence electrons. The maximum atomic E-state index is 10.6. The van der Waals surface area contributed by atoms with Gasteiger partial charge in [0, 0.05) is 6.42 Å². The maximum Gasteiger partial charge on any atom is 0.313 e. The van der Waals surface area contributed by atoms with E-state index in [0.29, 0.717) is 13.0 Å². The van der Waals surface area contributed by atoms with Crippen molar-refractivity contribution in [2.24, 2.45) is 0 Å². The molecular formula is C18H26O3. The fourth-order valence-corrected chi connectivity index (χ4v) is 1.21. The van der Waals surface area contributed by atoms with Gasteiger partial charge in [-0.1, -0.05) is 44.2 Å². The summed E-state index contributed by atoms with van der Waals surface area (Å²) in [6.07, 6.45) is 6.06. The van der Waals surface area contributed by atoms with E-state index in [4.69, 9.17) is 0 Å². The highest BCUT2D eigenvalue weighted by Crippen LogP contribution is 1.96. The fourth-order valence-electron chi connectivity index (χ4n) is 1.21. The minimum absolute atomic E-state index is 0.0709. The molecule has 0 N–H and O–H groups in total. The molecule has 0 heterocycles. The van der Waals surface area contributed by atoms with Crippen LogP contribution in [-0.2, 0) is 20.7 Å². The average molecular weight is 290 g/mol. The molecule has 3 heteroatoms. The molecule has 0 bridgehead atoms. The Kier molecular flexibility index (Phi) is 16.1. The minimum atomic E-state index is -0.422. The summed E-state index contributed by atoms with van der Waals surface area (Å²) in [5.41, 5.74) is 1.41. The van der Waals surface area contributed by atoms with Crippen molar-refractivity contribution >= 4 is 11.8 Å². The van der Waals surface area contributed by atoms with Gasteiger partial charge in [0.1, 0.15) is 12.2 Å².